The Labute approximate surface area is 140 Å². The fourth-order valence-corrected chi connectivity index (χ4v) is 2.18. The first-order chi connectivity index (χ1) is 11.7. The van der Waals surface area contributed by atoms with Crippen molar-refractivity contribution < 1.29 is 14.3 Å². The molecule has 1 aliphatic carbocycles. The first-order valence-corrected chi connectivity index (χ1v) is 7.97. The quantitative estimate of drug-likeness (QED) is 0.796. The highest BCUT2D eigenvalue weighted by molar-refractivity contribution is 5.94. The Hall–Kier alpha value is -2.89. The van der Waals surface area contributed by atoms with Crippen LogP contribution in [0.4, 0.5) is 17.2 Å². The summed E-state index contributed by atoms with van der Waals surface area (Å²) < 4.78 is 4.95. The number of nitrogens with one attached hydrogen (secondary N) is 2. The Morgan fingerprint density at radius 3 is 2.42 bits per heavy atom. The molecule has 0 saturated heterocycles. The van der Waals surface area contributed by atoms with E-state index < -0.39 is 0 Å². The van der Waals surface area contributed by atoms with Crippen molar-refractivity contribution in [2.45, 2.75) is 19.8 Å². The monoisotopic (exact) mass is 325 g/mol. The van der Waals surface area contributed by atoms with Gasteiger partial charge in [-0.2, -0.15) is 0 Å². The summed E-state index contributed by atoms with van der Waals surface area (Å²) in [6.07, 6.45) is 3.57. The van der Waals surface area contributed by atoms with Gasteiger partial charge in [0.1, 0.15) is 5.82 Å². The lowest BCUT2D eigenvalue weighted by Gasteiger charge is -2.08. The number of carbonyl (C=O) groups is 2. The van der Waals surface area contributed by atoms with Gasteiger partial charge >= 0.3 is 5.97 Å². The topological polar surface area (TPSA) is 80.3 Å². The molecule has 1 fully saturated rings. The fourth-order valence-electron chi connectivity index (χ4n) is 2.18. The van der Waals surface area contributed by atoms with Crippen molar-refractivity contribution >= 4 is 29.1 Å². The number of aromatic nitrogens is 1. The molecule has 1 aromatic carbocycles. The molecule has 0 aliphatic heterocycles. The van der Waals surface area contributed by atoms with E-state index in [1.54, 1.807) is 43.5 Å². The van der Waals surface area contributed by atoms with Crippen molar-refractivity contribution in [3.8, 4) is 0 Å². The molecule has 0 bridgehead atoms. The Bertz CT molecular complexity index is 722. The number of nitrogens with zero attached hydrogens (tertiary/aromatic N) is 1. The van der Waals surface area contributed by atoms with Crippen LogP contribution in [0.2, 0.25) is 0 Å². The van der Waals surface area contributed by atoms with Gasteiger partial charge in [0.2, 0.25) is 5.91 Å². The molecule has 124 valence electrons. The third kappa shape index (κ3) is 4.10. The number of hydrogen-bond acceptors (Lipinski definition) is 5. The van der Waals surface area contributed by atoms with E-state index in [2.05, 4.69) is 15.6 Å². The van der Waals surface area contributed by atoms with E-state index in [0.29, 0.717) is 23.7 Å². The van der Waals surface area contributed by atoms with Crippen molar-refractivity contribution in [2.24, 2.45) is 5.92 Å². The predicted octanol–water partition coefficient (Wildman–Crippen LogP) is 3.35. The van der Waals surface area contributed by atoms with E-state index in [-0.39, 0.29) is 17.8 Å². The number of benzene rings is 1. The second-order valence-electron chi connectivity index (χ2n) is 5.62. The minimum atomic E-state index is -0.335. The van der Waals surface area contributed by atoms with Crippen molar-refractivity contribution in [1.29, 1.82) is 0 Å². The van der Waals surface area contributed by atoms with Crippen LogP contribution in [0.1, 0.15) is 30.1 Å². The third-order valence-electron chi connectivity index (χ3n) is 3.65. The molecule has 3 rings (SSSR count). The lowest BCUT2D eigenvalue weighted by atomic mass is 10.2. The van der Waals surface area contributed by atoms with Gasteiger partial charge in [0.05, 0.1) is 24.1 Å². The minimum Gasteiger partial charge on any atom is -0.462 e. The highest BCUT2D eigenvalue weighted by atomic mass is 16.5. The van der Waals surface area contributed by atoms with Gasteiger partial charge in [0.15, 0.2) is 0 Å². The average Bonchev–Trinajstić information content (AvgIpc) is 3.42. The molecule has 1 aromatic heterocycles. The van der Waals surface area contributed by atoms with Gasteiger partial charge in [-0.25, -0.2) is 9.78 Å². The summed E-state index contributed by atoms with van der Waals surface area (Å²) in [4.78, 5) is 27.6. The Balaban J connectivity index is 1.59. The zero-order chi connectivity index (χ0) is 16.9. The molecule has 2 N–H and O–H groups in total. The number of esters is 1. The summed E-state index contributed by atoms with van der Waals surface area (Å²) in [7, 11) is 0. The normalized spacial score (nSPS) is 13.2. The standard InChI is InChI=1S/C18H19N3O3/c1-2-24-18(23)13-5-7-14(8-6-13)20-16-10-9-15(11-19-16)21-17(22)12-3-4-12/h5-12H,2-4H2,1H3,(H,19,20)(H,21,22). The maximum absolute atomic E-state index is 11.7. The highest BCUT2D eigenvalue weighted by Gasteiger charge is 2.29. The van der Waals surface area contributed by atoms with Crippen LogP contribution < -0.4 is 10.6 Å². The van der Waals surface area contributed by atoms with Crippen LogP contribution in [0.3, 0.4) is 0 Å². The van der Waals surface area contributed by atoms with Crippen molar-refractivity contribution in [1.82, 2.24) is 4.98 Å². The SMILES string of the molecule is CCOC(=O)c1ccc(Nc2ccc(NC(=O)C3CC3)cn2)cc1. The van der Waals surface area contributed by atoms with Crippen molar-refractivity contribution in [2.75, 3.05) is 17.2 Å². The molecular formula is C18H19N3O3. The number of anilines is 3. The van der Waals surface area contributed by atoms with Gasteiger partial charge in [-0.05, 0) is 56.2 Å². The van der Waals surface area contributed by atoms with Gasteiger partial charge in [0, 0.05) is 11.6 Å². The van der Waals surface area contributed by atoms with Gasteiger partial charge in [-0.3, -0.25) is 4.79 Å². The van der Waals surface area contributed by atoms with Crippen LogP contribution in [-0.4, -0.2) is 23.5 Å². The summed E-state index contributed by atoms with van der Waals surface area (Å²) in [6.45, 7) is 2.13. The number of rotatable bonds is 6. The smallest absolute Gasteiger partial charge is 0.338 e. The highest BCUT2D eigenvalue weighted by Crippen LogP contribution is 2.30. The first kappa shape index (κ1) is 16.0. The molecule has 0 radical (unpaired) electrons. The number of pyridine rings is 1. The summed E-state index contributed by atoms with van der Waals surface area (Å²) in [5.41, 5.74) is 2.01. The molecule has 0 atom stereocenters. The van der Waals surface area contributed by atoms with E-state index in [4.69, 9.17) is 4.74 Å². The van der Waals surface area contributed by atoms with E-state index in [1.807, 2.05) is 6.07 Å². The van der Waals surface area contributed by atoms with Gasteiger partial charge in [0.25, 0.3) is 0 Å². The van der Waals surface area contributed by atoms with E-state index in [1.165, 1.54) is 0 Å². The molecule has 0 unspecified atom stereocenters. The lowest BCUT2D eigenvalue weighted by Crippen LogP contribution is -2.13. The van der Waals surface area contributed by atoms with Gasteiger partial charge in [-0.1, -0.05) is 0 Å². The Kier molecular flexibility index (Phi) is 4.74. The van der Waals surface area contributed by atoms with Crippen LogP contribution in [0, 0.1) is 5.92 Å². The third-order valence-corrected chi connectivity index (χ3v) is 3.65. The molecule has 1 amide bonds. The zero-order valence-electron chi connectivity index (χ0n) is 13.4. The molecular weight excluding hydrogens is 306 g/mol. The molecule has 1 heterocycles. The van der Waals surface area contributed by atoms with Crippen molar-refractivity contribution in [3.05, 3.63) is 48.2 Å². The molecule has 24 heavy (non-hydrogen) atoms. The zero-order valence-corrected chi connectivity index (χ0v) is 13.4. The largest absolute Gasteiger partial charge is 0.462 e. The molecule has 1 saturated carbocycles. The van der Waals surface area contributed by atoms with Crippen molar-refractivity contribution in [3.63, 3.8) is 0 Å². The van der Waals surface area contributed by atoms with E-state index in [9.17, 15) is 9.59 Å². The summed E-state index contributed by atoms with van der Waals surface area (Å²) in [5, 5.41) is 5.99. The summed E-state index contributed by atoms with van der Waals surface area (Å²) in [6, 6.07) is 10.6. The maximum Gasteiger partial charge on any atom is 0.338 e. The lowest BCUT2D eigenvalue weighted by molar-refractivity contribution is -0.117. The van der Waals surface area contributed by atoms with Gasteiger partial charge in [-0.15, -0.1) is 0 Å². The first-order valence-electron chi connectivity index (χ1n) is 7.97. The summed E-state index contributed by atoms with van der Waals surface area (Å²) >= 11 is 0. The van der Waals surface area contributed by atoms with Crippen LogP contribution >= 0.6 is 0 Å². The minimum absolute atomic E-state index is 0.0621. The maximum atomic E-state index is 11.7. The predicted molar refractivity (Wildman–Crippen MR) is 91.3 cm³/mol. The van der Waals surface area contributed by atoms with E-state index >= 15 is 0 Å². The Morgan fingerprint density at radius 2 is 1.83 bits per heavy atom. The average molecular weight is 325 g/mol. The fraction of sp³-hybridized carbons (Fsp3) is 0.278. The van der Waals surface area contributed by atoms with Crippen LogP contribution in [-0.2, 0) is 9.53 Å². The summed E-state index contributed by atoms with van der Waals surface area (Å²) in [5.74, 6) is 0.550. The van der Waals surface area contributed by atoms with Crippen LogP contribution in [0.25, 0.3) is 0 Å². The molecule has 6 nitrogen and oxygen atoms in total. The number of ether oxygens (including phenoxy) is 1. The number of carbonyl (C=O) groups excluding carboxylic acids is 2. The van der Waals surface area contributed by atoms with E-state index in [0.717, 1.165) is 18.5 Å². The van der Waals surface area contributed by atoms with Gasteiger partial charge < -0.3 is 15.4 Å². The second kappa shape index (κ2) is 7.12. The molecule has 0 spiro atoms. The second-order valence-corrected chi connectivity index (χ2v) is 5.62. The molecule has 6 heteroatoms. The molecule has 2 aromatic rings. The molecule has 1 aliphatic rings. The van der Waals surface area contributed by atoms with Crippen LogP contribution in [0.5, 0.6) is 0 Å². The Morgan fingerprint density at radius 1 is 1.12 bits per heavy atom. The number of amides is 1. The number of hydrogen-bond donors (Lipinski definition) is 2. The van der Waals surface area contributed by atoms with Crippen LogP contribution in [0.15, 0.2) is 42.6 Å².